The van der Waals surface area contributed by atoms with E-state index in [4.69, 9.17) is 0 Å². The van der Waals surface area contributed by atoms with E-state index in [9.17, 15) is 4.79 Å². The van der Waals surface area contributed by atoms with Gasteiger partial charge in [0.1, 0.15) is 0 Å². The van der Waals surface area contributed by atoms with Crippen molar-refractivity contribution in [2.75, 3.05) is 0 Å². The lowest BCUT2D eigenvalue weighted by atomic mass is 10.1. The summed E-state index contributed by atoms with van der Waals surface area (Å²) in [6.07, 6.45) is 0. The first-order valence-corrected chi connectivity index (χ1v) is 6.04. The van der Waals surface area contributed by atoms with Crippen LogP contribution in [-0.2, 0) is 0 Å². The molecule has 2 nitrogen and oxygen atoms in total. The largest absolute Gasteiger partial charge is 0.348 e. The molecule has 0 unspecified atom stereocenters. The maximum absolute atomic E-state index is 11.9. The first-order chi connectivity index (χ1) is 7.08. The molecular formula is C12H15NOS. The second-order valence-electron chi connectivity index (χ2n) is 4.08. The van der Waals surface area contributed by atoms with Gasteiger partial charge in [-0.05, 0) is 26.0 Å². The molecule has 3 heteroatoms. The van der Waals surface area contributed by atoms with Crippen molar-refractivity contribution in [1.82, 2.24) is 5.32 Å². The van der Waals surface area contributed by atoms with Crippen LogP contribution in [0.15, 0.2) is 23.1 Å². The van der Waals surface area contributed by atoms with Crippen LogP contribution in [0.2, 0.25) is 0 Å². The van der Waals surface area contributed by atoms with Gasteiger partial charge in [0.25, 0.3) is 5.91 Å². The van der Waals surface area contributed by atoms with Crippen LogP contribution in [-0.4, -0.2) is 17.2 Å². The lowest BCUT2D eigenvalue weighted by Gasteiger charge is -2.15. The number of fused-ring (bicyclic) bond motifs is 1. The van der Waals surface area contributed by atoms with Crippen LogP contribution < -0.4 is 5.32 Å². The smallest absolute Gasteiger partial charge is 0.252 e. The number of hydrogen-bond donors (Lipinski definition) is 1. The Labute approximate surface area is 94.4 Å². The van der Waals surface area contributed by atoms with Crippen molar-refractivity contribution in [1.29, 1.82) is 0 Å². The Bertz CT molecular complexity index is 403. The van der Waals surface area contributed by atoms with Crippen molar-refractivity contribution in [3.05, 3.63) is 29.3 Å². The number of rotatable bonds is 0. The van der Waals surface area contributed by atoms with Gasteiger partial charge in [-0.3, -0.25) is 4.79 Å². The predicted molar refractivity (Wildman–Crippen MR) is 63.4 cm³/mol. The van der Waals surface area contributed by atoms with Crippen LogP contribution >= 0.6 is 11.8 Å². The van der Waals surface area contributed by atoms with Crippen molar-refractivity contribution >= 4 is 17.7 Å². The summed E-state index contributed by atoms with van der Waals surface area (Å²) in [4.78, 5) is 13.0. The number of carbonyl (C=O) groups excluding carboxylic acids is 1. The average Bonchev–Trinajstić information content (AvgIpc) is 2.28. The van der Waals surface area contributed by atoms with Gasteiger partial charge in [-0.15, -0.1) is 11.8 Å². The Balaban J connectivity index is 2.46. The topological polar surface area (TPSA) is 29.1 Å². The second kappa shape index (κ2) is 3.89. The minimum Gasteiger partial charge on any atom is -0.348 e. The van der Waals surface area contributed by atoms with Gasteiger partial charge in [-0.2, -0.15) is 0 Å². The van der Waals surface area contributed by atoms with Gasteiger partial charge in [0.15, 0.2) is 0 Å². The second-order valence-corrected chi connectivity index (χ2v) is 5.50. The summed E-state index contributed by atoms with van der Waals surface area (Å²) in [5.41, 5.74) is 1.95. The van der Waals surface area contributed by atoms with Crippen molar-refractivity contribution in [2.45, 2.75) is 37.0 Å². The predicted octanol–water partition coefficient (Wildman–Crippen LogP) is 2.61. The van der Waals surface area contributed by atoms with E-state index in [2.05, 4.69) is 18.3 Å². The molecule has 0 saturated carbocycles. The maximum Gasteiger partial charge on any atom is 0.252 e. The van der Waals surface area contributed by atoms with E-state index in [0.29, 0.717) is 5.25 Å². The fourth-order valence-electron chi connectivity index (χ4n) is 1.63. The average molecular weight is 221 g/mol. The minimum absolute atomic E-state index is 0.0537. The molecule has 1 amide bonds. The number of nitrogens with one attached hydrogen (secondary N) is 1. The van der Waals surface area contributed by atoms with Gasteiger partial charge in [0, 0.05) is 16.2 Å². The number of benzene rings is 1. The Morgan fingerprint density at radius 3 is 2.80 bits per heavy atom. The van der Waals surface area contributed by atoms with E-state index in [0.717, 1.165) is 16.0 Å². The highest BCUT2D eigenvalue weighted by Gasteiger charge is 2.24. The highest BCUT2D eigenvalue weighted by Crippen LogP contribution is 2.31. The maximum atomic E-state index is 11.9. The first-order valence-electron chi connectivity index (χ1n) is 5.16. The van der Waals surface area contributed by atoms with Crippen LogP contribution in [0.5, 0.6) is 0 Å². The van der Waals surface area contributed by atoms with E-state index in [1.165, 1.54) is 0 Å². The number of carbonyl (C=O) groups is 1. The van der Waals surface area contributed by atoms with Crippen molar-refractivity contribution in [3.8, 4) is 0 Å². The highest BCUT2D eigenvalue weighted by molar-refractivity contribution is 8.00. The fourth-order valence-corrected chi connectivity index (χ4v) is 2.73. The molecule has 1 heterocycles. The molecule has 0 aliphatic carbocycles. The van der Waals surface area contributed by atoms with E-state index in [1.54, 1.807) is 11.8 Å². The van der Waals surface area contributed by atoms with E-state index in [-0.39, 0.29) is 11.9 Å². The van der Waals surface area contributed by atoms with Crippen LogP contribution in [0, 0.1) is 6.92 Å². The molecule has 15 heavy (non-hydrogen) atoms. The highest BCUT2D eigenvalue weighted by atomic mass is 32.2. The van der Waals surface area contributed by atoms with Crippen LogP contribution in [0.4, 0.5) is 0 Å². The number of aryl methyl sites for hydroxylation is 1. The van der Waals surface area contributed by atoms with Crippen LogP contribution in [0.25, 0.3) is 0 Å². The molecule has 0 fully saturated rings. The summed E-state index contributed by atoms with van der Waals surface area (Å²) in [6.45, 7) is 6.20. The quantitative estimate of drug-likeness (QED) is 0.729. The van der Waals surface area contributed by atoms with Crippen molar-refractivity contribution in [3.63, 3.8) is 0 Å². The van der Waals surface area contributed by atoms with E-state index < -0.39 is 0 Å². The molecule has 0 aromatic heterocycles. The molecule has 2 atom stereocenters. The van der Waals surface area contributed by atoms with Gasteiger partial charge >= 0.3 is 0 Å². The summed E-state index contributed by atoms with van der Waals surface area (Å²) >= 11 is 1.77. The normalized spacial score (nSPS) is 25.4. The minimum atomic E-state index is 0.0537. The molecule has 1 N–H and O–H groups in total. The number of thioether (sulfide) groups is 1. The standard InChI is InChI=1S/C12H15NOS/c1-7-4-5-11-10(6-7)12(14)13-8(2)9(3)15-11/h4-6,8-9H,1-3H3,(H,13,14)/t8-,9-/m1/s1. The summed E-state index contributed by atoms with van der Waals surface area (Å²) in [7, 11) is 0. The number of amides is 1. The molecule has 1 aliphatic rings. The summed E-state index contributed by atoms with van der Waals surface area (Å²) in [5.74, 6) is 0.0537. The van der Waals surface area contributed by atoms with Gasteiger partial charge < -0.3 is 5.32 Å². The molecule has 1 aromatic rings. The monoisotopic (exact) mass is 221 g/mol. The third-order valence-electron chi connectivity index (χ3n) is 2.76. The molecule has 1 aliphatic heterocycles. The van der Waals surface area contributed by atoms with Gasteiger partial charge in [-0.1, -0.05) is 18.6 Å². The Morgan fingerprint density at radius 2 is 2.07 bits per heavy atom. The molecular weight excluding hydrogens is 206 g/mol. The van der Waals surface area contributed by atoms with Crippen LogP contribution in [0.3, 0.4) is 0 Å². The van der Waals surface area contributed by atoms with Crippen LogP contribution in [0.1, 0.15) is 29.8 Å². The molecule has 80 valence electrons. The molecule has 0 radical (unpaired) electrons. The van der Waals surface area contributed by atoms with E-state index in [1.807, 2.05) is 26.0 Å². The zero-order valence-electron chi connectivity index (χ0n) is 9.20. The van der Waals surface area contributed by atoms with Gasteiger partial charge in [0.05, 0.1) is 5.56 Å². The first kappa shape index (κ1) is 10.6. The third kappa shape index (κ3) is 2.02. The molecule has 0 saturated heterocycles. The lowest BCUT2D eigenvalue weighted by Crippen LogP contribution is -2.36. The zero-order valence-corrected chi connectivity index (χ0v) is 10.0. The molecule has 1 aromatic carbocycles. The summed E-state index contributed by atoms with van der Waals surface area (Å²) in [6, 6.07) is 6.28. The summed E-state index contributed by atoms with van der Waals surface area (Å²) in [5, 5.41) is 3.43. The Morgan fingerprint density at radius 1 is 1.33 bits per heavy atom. The summed E-state index contributed by atoms with van der Waals surface area (Å²) < 4.78 is 0. The molecule has 0 spiro atoms. The SMILES string of the molecule is Cc1ccc2c(c1)C(=O)N[C@H](C)[C@@H](C)S2. The van der Waals surface area contributed by atoms with Gasteiger partial charge in [-0.25, -0.2) is 0 Å². The molecule has 2 rings (SSSR count). The lowest BCUT2D eigenvalue weighted by molar-refractivity contribution is 0.0939. The zero-order chi connectivity index (χ0) is 11.0. The van der Waals surface area contributed by atoms with Gasteiger partial charge in [0.2, 0.25) is 0 Å². The fraction of sp³-hybridized carbons (Fsp3) is 0.417. The van der Waals surface area contributed by atoms with Crippen molar-refractivity contribution < 1.29 is 4.79 Å². The Hall–Kier alpha value is -0.960. The van der Waals surface area contributed by atoms with Crippen molar-refractivity contribution in [2.24, 2.45) is 0 Å². The molecule has 0 bridgehead atoms. The third-order valence-corrected chi connectivity index (χ3v) is 4.15. The van der Waals surface area contributed by atoms with E-state index >= 15 is 0 Å². The number of hydrogen-bond acceptors (Lipinski definition) is 2. The Kier molecular flexibility index (Phi) is 2.74.